The molecule has 1 aliphatic rings. The molecule has 1 fully saturated rings. The molecule has 1 heterocycles. The van der Waals surface area contributed by atoms with E-state index in [2.05, 4.69) is 36.3 Å². The van der Waals surface area contributed by atoms with E-state index in [0.717, 1.165) is 30.2 Å². The summed E-state index contributed by atoms with van der Waals surface area (Å²) in [6, 6.07) is 7.63. The van der Waals surface area contributed by atoms with E-state index in [1.165, 1.54) is 38.6 Å². The summed E-state index contributed by atoms with van der Waals surface area (Å²) >= 11 is 0. The molecule has 0 aliphatic carbocycles. The third-order valence-corrected chi connectivity index (χ3v) is 5.97. The Morgan fingerprint density at radius 3 is 2.25 bits per heavy atom. The molecule has 2 rings (SSSR count). The Bertz CT molecular complexity index is 736. The van der Waals surface area contributed by atoms with Crippen LogP contribution < -0.4 is 10.6 Å². The second-order valence-corrected chi connectivity index (χ2v) is 10.4. The van der Waals surface area contributed by atoms with Crippen molar-refractivity contribution < 1.29 is 8.42 Å². The normalized spacial score (nSPS) is 16.8. The van der Waals surface area contributed by atoms with Crippen LogP contribution in [0.5, 0.6) is 0 Å². The summed E-state index contributed by atoms with van der Waals surface area (Å²) in [5, 5.41) is 6.80. The highest BCUT2D eigenvalue weighted by Gasteiger charge is 2.27. The van der Waals surface area contributed by atoms with E-state index in [0.29, 0.717) is 6.54 Å². The smallest absolute Gasteiger partial charge is 0.191 e. The van der Waals surface area contributed by atoms with Gasteiger partial charge in [-0.3, -0.25) is 4.90 Å². The number of hydrogen-bond acceptors (Lipinski definition) is 4. The molecule has 6 nitrogen and oxygen atoms in total. The van der Waals surface area contributed by atoms with Gasteiger partial charge in [-0.15, -0.1) is 0 Å². The van der Waals surface area contributed by atoms with E-state index in [4.69, 9.17) is 4.99 Å². The van der Waals surface area contributed by atoms with E-state index in [1.807, 2.05) is 24.3 Å². The van der Waals surface area contributed by atoms with Crippen molar-refractivity contribution in [3.05, 3.63) is 35.4 Å². The zero-order valence-corrected chi connectivity index (χ0v) is 18.6. The predicted octanol–water partition coefficient (Wildman–Crippen LogP) is 2.55. The summed E-state index contributed by atoms with van der Waals surface area (Å²) in [4.78, 5) is 7.26. The highest BCUT2D eigenvalue weighted by Crippen LogP contribution is 2.19. The number of likely N-dealkylation sites (tertiary alicyclic amines) is 1. The fourth-order valence-corrected chi connectivity index (χ4v) is 4.26. The van der Waals surface area contributed by atoms with E-state index in [1.54, 1.807) is 0 Å². The molecule has 0 unspecified atom stereocenters. The number of aliphatic imine (C=N–C) groups is 1. The van der Waals surface area contributed by atoms with Gasteiger partial charge in [0.1, 0.15) is 0 Å². The molecule has 28 heavy (non-hydrogen) atoms. The zero-order valence-electron chi connectivity index (χ0n) is 17.8. The average molecular weight is 409 g/mol. The minimum atomic E-state index is -3.01. The van der Waals surface area contributed by atoms with Crippen LogP contribution in [0.4, 0.5) is 0 Å². The Balaban J connectivity index is 1.94. The lowest BCUT2D eigenvalue weighted by Gasteiger charge is -2.41. The van der Waals surface area contributed by atoms with Crippen LogP contribution in [0.1, 0.15) is 51.2 Å². The van der Waals surface area contributed by atoms with Gasteiger partial charge in [0.15, 0.2) is 15.8 Å². The van der Waals surface area contributed by atoms with Crippen LogP contribution >= 0.6 is 0 Å². The lowest BCUT2D eigenvalue weighted by Crippen LogP contribution is -2.54. The molecule has 0 radical (unpaired) electrons. The first kappa shape index (κ1) is 22.7. The van der Waals surface area contributed by atoms with Crippen molar-refractivity contribution in [2.24, 2.45) is 4.99 Å². The van der Waals surface area contributed by atoms with Gasteiger partial charge in [-0.2, -0.15) is 0 Å². The molecule has 0 amide bonds. The van der Waals surface area contributed by atoms with Crippen molar-refractivity contribution in [2.45, 2.75) is 57.9 Å². The second kappa shape index (κ2) is 10.3. The Labute approximate surface area is 170 Å². The van der Waals surface area contributed by atoms with Gasteiger partial charge in [0.2, 0.25) is 0 Å². The van der Waals surface area contributed by atoms with Gasteiger partial charge in [-0.1, -0.05) is 30.7 Å². The van der Waals surface area contributed by atoms with Gasteiger partial charge >= 0.3 is 0 Å². The van der Waals surface area contributed by atoms with Crippen LogP contribution in [-0.2, 0) is 22.1 Å². The van der Waals surface area contributed by atoms with Crippen molar-refractivity contribution in [3.63, 3.8) is 0 Å². The number of benzene rings is 1. The predicted molar refractivity (Wildman–Crippen MR) is 117 cm³/mol. The fourth-order valence-electron chi connectivity index (χ4n) is 3.47. The molecule has 1 aromatic carbocycles. The van der Waals surface area contributed by atoms with Crippen molar-refractivity contribution in [3.8, 4) is 0 Å². The third-order valence-electron chi connectivity index (χ3n) is 5.12. The molecule has 0 spiro atoms. The third kappa shape index (κ3) is 7.80. The quantitative estimate of drug-likeness (QED) is 0.511. The highest BCUT2D eigenvalue weighted by molar-refractivity contribution is 7.89. The largest absolute Gasteiger partial charge is 0.357 e. The van der Waals surface area contributed by atoms with Crippen molar-refractivity contribution in [1.82, 2.24) is 15.5 Å². The molecule has 1 aliphatic heterocycles. The molecule has 0 bridgehead atoms. The van der Waals surface area contributed by atoms with E-state index in [9.17, 15) is 8.42 Å². The van der Waals surface area contributed by atoms with Gasteiger partial charge in [0.25, 0.3) is 0 Å². The molecule has 0 saturated carbocycles. The molecular weight excluding hydrogens is 372 g/mol. The van der Waals surface area contributed by atoms with Crippen LogP contribution in [-0.4, -0.2) is 57.3 Å². The second-order valence-electron chi connectivity index (χ2n) is 8.30. The van der Waals surface area contributed by atoms with Crippen molar-refractivity contribution in [1.29, 1.82) is 0 Å². The molecule has 1 aromatic rings. The van der Waals surface area contributed by atoms with Gasteiger partial charge in [0.05, 0.1) is 12.3 Å². The van der Waals surface area contributed by atoms with Crippen LogP contribution in [0.3, 0.4) is 0 Å². The topological polar surface area (TPSA) is 73.8 Å². The van der Waals surface area contributed by atoms with E-state index >= 15 is 0 Å². The zero-order chi connectivity index (χ0) is 20.6. The summed E-state index contributed by atoms with van der Waals surface area (Å²) in [5.74, 6) is 0.888. The van der Waals surface area contributed by atoms with Gasteiger partial charge in [0, 0.05) is 24.9 Å². The van der Waals surface area contributed by atoms with Crippen molar-refractivity contribution in [2.75, 3.05) is 32.4 Å². The number of guanidine groups is 1. The van der Waals surface area contributed by atoms with Crippen LogP contribution in [0.15, 0.2) is 29.3 Å². The summed E-state index contributed by atoms with van der Waals surface area (Å²) in [5.41, 5.74) is 1.96. The monoisotopic (exact) mass is 408 g/mol. The Kier molecular flexibility index (Phi) is 8.31. The molecule has 7 heteroatoms. The molecular formula is C21H36N4O2S. The summed E-state index contributed by atoms with van der Waals surface area (Å²) in [7, 11) is -3.01. The summed E-state index contributed by atoms with van der Waals surface area (Å²) in [6.45, 7) is 11.2. The number of nitrogens with zero attached hydrogens (tertiary/aromatic N) is 2. The summed E-state index contributed by atoms with van der Waals surface area (Å²) < 4.78 is 22.8. The number of piperidine rings is 1. The maximum atomic E-state index is 11.4. The molecule has 1 saturated heterocycles. The first-order valence-electron chi connectivity index (χ1n) is 10.2. The van der Waals surface area contributed by atoms with E-state index in [-0.39, 0.29) is 11.3 Å². The van der Waals surface area contributed by atoms with Crippen LogP contribution in [0, 0.1) is 0 Å². The Hall–Kier alpha value is -1.60. The maximum absolute atomic E-state index is 11.4. The van der Waals surface area contributed by atoms with Gasteiger partial charge in [-0.25, -0.2) is 13.4 Å². The minimum absolute atomic E-state index is 0.0757. The van der Waals surface area contributed by atoms with Crippen molar-refractivity contribution >= 4 is 15.8 Å². The molecule has 0 aromatic heterocycles. The Morgan fingerprint density at radius 2 is 1.68 bits per heavy atom. The number of rotatable bonds is 8. The van der Waals surface area contributed by atoms with Crippen LogP contribution in [0.2, 0.25) is 0 Å². The lowest BCUT2D eigenvalue weighted by atomic mass is 9.98. The molecule has 158 valence electrons. The highest BCUT2D eigenvalue weighted by atomic mass is 32.2. The van der Waals surface area contributed by atoms with Gasteiger partial charge in [-0.05, 0) is 57.8 Å². The number of sulfone groups is 1. The first-order chi connectivity index (χ1) is 13.2. The fraction of sp³-hybridized carbons (Fsp3) is 0.667. The minimum Gasteiger partial charge on any atom is -0.357 e. The molecule has 0 atom stereocenters. The SMILES string of the molecule is CCNC(=NCc1ccc(CS(C)(=O)=O)cc1)NCC(C)(C)N1CCCCC1. The average Bonchev–Trinajstić information content (AvgIpc) is 2.65. The number of hydrogen-bond donors (Lipinski definition) is 2. The van der Waals surface area contributed by atoms with E-state index < -0.39 is 9.84 Å². The van der Waals surface area contributed by atoms with Gasteiger partial charge < -0.3 is 10.6 Å². The lowest BCUT2D eigenvalue weighted by molar-refractivity contribution is 0.0982. The first-order valence-corrected chi connectivity index (χ1v) is 12.3. The maximum Gasteiger partial charge on any atom is 0.191 e. The Morgan fingerprint density at radius 1 is 1.07 bits per heavy atom. The summed E-state index contributed by atoms with van der Waals surface area (Å²) in [6.07, 6.45) is 5.16. The molecule has 2 N–H and O–H groups in total. The standard InChI is InChI=1S/C21H36N4O2S/c1-5-22-20(24-17-21(2,3)25-13-7-6-8-14-25)23-15-18-9-11-19(12-10-18)16-28(4,26)27/h9-12H,5-8,13-17H2,1-4H3,(H2,22,23,24). The number of nitrogens with one attached hydrogen (secondary N) is 2. The van der Waals surface area contributed by atoms with Crippen LogP contribution in [0.25, 0.3) is 0 Å².